The molecule has 0 fully saturated rings. The van der Waals surface area contributed by atoms with Gasteiger partial charge in [0.15, 0.2) is 0 Å². The molecule has 0 spiro atoms. The van der Waals surface area contributed by atoms with Gasteiger partial charge in [-0.2, -0.15) is 0 Å². The molecule has 0 aromatic carbocycles. The van der Waals surface area contributed by atoms with Crippen molar-refractivity contribution in [1.29, 1.82) is 0 Å². The number of allylic oxidation sites excluding steroid dienone is 3. The van der Waals surface area contributed by atoms with E-state index in [1.54, 1.807) is 0 Å². The van der Waals surface area contributed by atoms with Gasteiger partial charge in [-0.1, -0.05) is 30.2 Å². The van der Waals surface area contributed by atoms with Crippen LogP contribution in [0.3, 0.4) is 0 Å². The van der Waals surface area contributed by atoms with E-state index in [9.17, 15) is 4.79 Å². The van der Waals surface area contributed by atoms with Gasteiger partial charge in [-0.25, -0.2) is 0 Å². The van der Waals surface area contributed by atoms with Gasteiger partial charge >= 0.3 is 5.97 Å². The van der Waals surface area contributed by atoms with Gasteiger partial charge < -0.3 is 5.11 Å². The SMILES string of the molecule is CC1=CC(C)CC(CC(=O)O)=C1. The van der Waals surface area contributed by atoms with Crippen LogP contribution in [0.2, 0.25) is 0 Å². The van der Waals surface area contributed by atoms with Crippen LogP contribution in [0.25, 0.3) is 0 Å². The minimum Gasteiger partial charge on any atom is -0.481 e. The van der Waals surface area contributed by atoms with Gasteiger partial charge in [-0.05, 0) is 19.3 Å². The van der Waals surface area contributed by atoms with Crippen molar-refractivity contribution in [3.63, 3.8) is 0 Å². The van der Waals surface area contributed by atoms with Crippen molar-refractivity contribution in [2.24, 2.45) is 5.92 Å². The van der Waals surface area contributed by atoms with Crippen LogP contribution < -0.4 is 0 Å². The summed E-state index contributed by atoms with van der Waals surface area (Å²) in [6, 6.07) is 0. The molecule has 0 bridgehead atoms. The molecule has 66 valence electrons. The average molecular weight is 166 g/mol. The molecule has 2 nitrogen and oxygen atoms in total. The third-order valence-corrected chi connectivity index (χ3v) is 1.94. The Morgan fingerprint density at radius 3 is 2.92 bits per heavy atom. The number of hydrogen-bond acceptors (Lipinski definition) is 1. The number of rotatable bonds is 2. The van der Waals surface area contributed by atoms with Crippen molar-refractivity contribution >= 4 is 5.97 Å². The molecule has 0 radical (unpaired) electrons. The summed E-state index contributed by atoms with van der Waals surface area (Å²) in [6.45, 7) is 4.12. The quantitative estimate of drug-likeness (QED) is 0.683. The third-order valence-electron chi connectivity index (χ3n) is 1.94. The first kappa shape index (κ1) is 9.04. The minimum atomic E-state index is -0.733. The van der Waals surface area contributed by atoms with Crippen LogP contribution >= 0.6 is 0 Å². The lowest BCUT2D eigenvalue weighted by atomic mass is 9.91. The Morgan fingerprint density at radius 1 is 1.75 bits per heavy atom. The van der Waals surface area contributed by atoms with Crippen LogP contribution in [0.1, 0.15) is 26.7 Å². The molecule has 1 aliphatic rings. The fourth-order valence-electron chi connectivity index (χ4n) is 1.67. The molecule has 1 aliphatic carbocycles. The van der Waals surface area contributed by atoms with Crippen LogP contribution in [0, 0.1) is 5.92 Å². The average Bonchev–Trinajstić information content (AvgIpc) is 1.81. The summed E-state index contributed by atoms with van der Waals surface area (Å²) < 4.78 is 0. The zero-order chi connectivity index (χ0) is 9.14. The summed E-state index contributed by atoms with van der Waals surface area (Å²) in [5.41, 5.74) is 2.22. The summed E-state index contributed by atoms with van der Waals surface area (Å²) in [7, 11) is 0. The van der Waals surface area contributed by atoms with Crippen LogP contribution in [-0.4, -0.2) is 11.1 Å². The fourth-order valence-corrected chi connectivity index (χ4v) is 1.67. The zero-order valence-electron chi connectivity index (χ0n) is 7.50. The lowest BCUT2D eigenvalue weighted by Gasteiger charge is -2.15. The molecule has 0 amide bonds. The van der Waals surface area contributed by atoms with E-state index in [1.807, 2.05) is 13.0 Å². The maximum absolute atomic E-state index is 10.4. The summed E-state index contributed by atoms with van der Waals surface area (Å²) in [6.07, 6.45) is 5.23. The highest BCUT2D eigenvalue weighted by Gasteiger charge is 2.11. The highest BCUT2D eigenvalue weighted by molar-refractivity contribution is 5.70. The van der Waals surface area contributed by atoms with Crippen molar-refractivity contribution in [2.45, 2.75) is 26.7 Å². The Kier molecular flexibility index (Phi) is 2.69. The second-order valence-corrected chi connectivity index (χ2v) is 3.47. The van der Waals surface area contributed by atoms with Gasteiger partial charge in [0.1, 0.15) is 0 Å². The summed E-state index contributed by atoms with van der Waals surface area (Å²) in [4.78, 5) is 10.4. The van der Waals surface area contributed by atoms with Crippen LogP contribution in [0.15, 0.2) is 23.3 Å². The number of carboxylic acids is 1. The molecule has 0 heterocycles. The first-order valence-corrected chi connectivity index (χ1v) is 4.17. The molecule has 1 unspecified atom stereocenters. The van der Waals surface area contributed by atoms with Crippen LogP contribution in [0.5, 0.6) is 0 Å². The van der Waals surface area contributed by atoms with Crippen molar-refractivity contribution in [3.05, 3.63) is 23.3 Å². The van der Waals surface area contributed by atoms with E-state index in [0.29, 0.717) is 5.92 Å². The number of carboxylic acid groups (broad SMARTS) is 1. The fraction of sp³-hybridized carbons (Fsp3) is 0.500. The molecule has 0 aliphatic heterocycles. The second-order valence-electron chi connectivity index (χ2n) is 3.47. The molecule has 0 aromatic rings. The zero-order valence-corrected chi connectivity index (χ0v) is 7.50. The van der Waals surface area contributed by atoms with Crippen molar-refractivity contribution < 1.29 is 9.90 Å². The summed E-state index contributed by atoms with van der Waals surface area (Å²) >= 11 is 0. The number of aliphatic carboxylic acids is 1. The molecule has 1 N–H and O–H groups in total. The van der Waals surface area contributed by atoms with E-state index < -0.39 is 5.97 Å². The topological polar surface area (TPSA) is 37.3 Å². The first-order valence-electron chi connectivity index (χ1n) is 4.17. The number of carbonyl (C=O) groups is 1. The van der Waals surface area contributed by atoms with Crippen LogP contribution in [0.4, 0.5) is 0 Å². The van der Waals surface area contributed by atoms with E-state index in [1.165, 1.54) is 5.57 Å². The van der Waals surface area contributed by atoms with E-state index in [2.05, 4.69) is 13.0 Å². The highest BCUT2D eigenvalue weighted by atomic mass is 16.4. The Bertz CT molecular complexity index is 249. The Morgan fingerprint density at radius 2 is 2.42 bits per heavy atom. The largest absolute Gasteiger partial charge is 0.481 e. The summed E-state index contributed by atoms with van der Waals surface area (Å²) in [5, 5.41) is 8.58. The maximum Gasteiger partial charge on any atom is 0.307 e. The van der Waals surface area contributed by atoms with Crippen molar-refractivity contribution in [2.75, 3.05) is 0 Å². The van der Waals surface area contributed by atoms with Gasteiger partial charge in [0.2, 0.25) is 0 Å². The van der Waals surface area contributed by atoms with Gasteiger partial charge in [-0.3, -0.25) is 4.79 Å². The molecular formula is C10H14O2. The Hall–Kier alpha value is -1.05. The Balaban J connectivity index is 2.66. The molecule has 2 heteroatoms. The molecule has 0 aromatic heterocycles. The van der Waals surface area contributed by atoms with Crippen molar-refractivity contribution in [3.8, 4) is 0 Å². The predicted octanol–water partition coefficient (Wildman–Crippen LogP) is 2.37. The monoisotopic (exact) mass is 166 g/mol. The normalized spacial score (nSPS) is 23.0. The molecule has 0 saturated heterocycles. The molecular weight excluding hydrogens is 152 g/mol. The van der Waals surface area contributed by atoms with Crippen molar-refractivity contribution in [1.82, 2.24) is 0 Å². The van der Waals surface area contributed by atoms with Gasteiger partial charge in [0.25, 0.3) is 0 Å². The standard InChI is InChI=1S/C10H14O2/c1-7-3-8(2)5-9(4-7)6-10(11)12/h3-4,8H,5-6H2,1-2H3,(H,11,12). The van der Waals surface area contributed by atoms with Gasteiger partial charge in [0, 0.05) is 0 Å². The van der Waals surface area contributed by atoms with Crippen LogP contribution in [-0.2, 0) is 4.79 Å². The van der Waals surface area contributed by atoms with Gasteiger partial charge in [-0.15, -0.1) is 0 Å². The number of hydrogen-bond donors (Lipinski definition) is 1. The van der Waals surface area contributed by atoms with E-state index in [0.717, 1.165) is 12.0 Å². The first-order chi connectivity index (χ1) is 5.58. The highest BCUT2D eigenvalue weighted by Crippen LogP contribution is 2.23. The summed E-state index contributed by atoms with van der Waals surface area (Å²) in [5.74, 6) is -0.243. The third kappa shape index (κ3) is 2.53. The van der Waals surface area contributed by atoms with Gasteiger partial charge in [0.05, 0.1) is 6.42 Å². The van der Waals surface area contributed by atoms with E-state index >= 15 is 0 Å². The predicted molar refractivity (Wildman–Crippen MR) is 47.9 cm³/mol. The van der Waals surface area contributed by atoms with E-state index in [4.69, 9.17) is 5.11 Å². The molecule has 0 saturated carbocycles. The molecule has 1 rings (SSSR count). The lowest BCUT2D eigenvalue weighted by molar-refractivity contribution is -0.136. The second kappa shape index (κ2) is 3.57. The molecule has 12 heavy (non-hydrogen) atoms. The lowest BCUT2D eigenvalue weighted by Crippen LogP contribution is -2.04. The Labute approximate surface area is 72.6 Å². The smallest absolute Gasteiger partial charge is 0.307 e. The van der Waals surface area contributed by atoms with E-state index in [-0.39, 0.29) is 6.42 Å². The minimum absolute atomic E-state index is 0.190. The molecule has 1 atom stereocenters. The maximum atomic E-state index is 10.4.